The van der Waals surface area contributed by atoms with Crippen LogP contribution in [0.3, 0.4) is 0 Å². The van der Waals surface area contributed by atoms with Crippen molar-refractivity contribution in [2.75, 3.05) is 26.2 Å². The van der Waals surface area contributed by atoms with Crippen LogP contribution >= 0.6 is 0 Å². The number of aromatic nitrogens is 1. The predicted octanol–water partition coefficient (Wildman–Crippen LogP) is 4.71. The van der Waals surface area contributed by atoms with Crippen molar-refractivity contribution in [1.82, 2.24) is 4.98 Å². The summed E-state index contributed by atoms with van der Waals surface area (Å²) >= 11 is 0. The number of H-pyrrole nitrogens is 1. The van der Waals surface area contributed by atoms with Crippen LogP contribution in [0.5, 0.6) is 17.2 Å². The number of benzene rings is 3. The Labute approximate surface area is 197 Å². The number of methoxy groups -OCH3 is 3. The van der Waals surface area contributed by atoms with Crippen LogP contribution < -0.4 is 24.7 Å². The molecule has 4 aromatic rings. The molecular formula is C27H26N2O5. The monoisotopic (exact) mass is 458 g/mol. The van der Waals surface area contributed by atoms with Crippen LogP contribution in [-0.2, 0) is 6.54 Å². The lowest BCUT2D eigenvalue weighted by molar-refractivity contribution is 0.0983. The number of carbonyl (C=O) groups excluding carboxylic acids is 1. The lowest BCUT2D eigenvalue weighted by Crippen LogP contribution is -2.33. The fraction of sp³-hybridized carbons (Fsp3) is 0.185. The fourth-order valence-electron chi connectivity index (χ4n) is 3.92. The molecule has 34 heavy (non-hydrogen) atoms. The number of aryl methyl sites for hydroxylation is 1. The van der Waals surface area contributed by atoms with Crippen molar-refractivity contribution in [3.63, 3.8) is 0 Å². The summed E-state index contributed by atoms with van der Waals surface area (Å²) in [5.41, 5.74) is 2.85. The molecule has 4 rings (SSSR count). The third-order valence-electron chi connectivity index (χ3n) is 5.71. The molecule has 1 N–H and O–H groups in total. The highest BCUT2D eigenvalue weighted by atomic mass is 16.5. The number of nitrogens with zero attached hydrogens (tertiary/aromatic N) is 1. The molecule has 7 heteroatoms. The fourth-order valence-corrected chi connectivity index (χ4v) is 3.92. The van der Waals surface area contributed by atoms with E-state index >= 15 is 0 Å². The summed E-state index contributed by atoms with van der Waals surface area (Å²) in [4.78, 5) is 31.3. The van der Waals surface area contributed by atoms with Gasteiger partial charge < -0.3 is 24.1 Å². The summed E-state index contributed by atoms with van der Waals surface area (Å²) in [5.74, 6) is 1.16. The van der Waals surface area contributed by atoms with Gasteiger partial charge in [-0.05, 0) is 48.2 Å². The summed E-state index contributed by atoms with van der Waals surface area (Å²) in [5, 5.41) is 0.894. The molecule has 0 saturated heterocycles. The zero-order valence-electron chi connectivity index (χ0n) is 19.5. The molecule has 0 aliphatic rings. The normalized spacial score (nSPS) is 10.7. The number of para-hydroxylation sites is 3. The SMILES string of the molecule is COc1cc(OC)cc(C(=O)N(Cc2cc3cccc(C)c3[nH]c2=O)c2ccccc2OC)c1. The van der Waals surface area contributed by atoms with Crippen LogP contribution in [0, 0.1) is 6.92 Å². The molecule has 0 bridgehead atoms. The minimum Gasteiger partial charge on any atom is -0.497 e. The first kappa shape index (κ1) is 22.9. The van der Waals surface area contributed by atoms with Crippen molar-refractivity contribution >= 4 is 22.5 Å². The van der Waals surface area contributed by atoms with E-state index in [1.807, 2.05) is 43.3 Å². The molecule has 174 valence electrons. The number of anilines is 1. The molecule has 0 aliphatic heterocycles. The lowest BCUT2D eigenvalue weighted by Gasteiger charge is -2.25. The van der Waals surface area contributed by atoms with E-state index in [0.29, 0.717) is 34.1 Å². The van der Waals surface area contributed by atoms with E-state index in [-0.39, 0.29) is 18.0 Å². The standard InChI is InChI=1S/C27H26N2O5/c1-17-8-7-9-18-12-20(26(30)28-25(17)18)16-29(23-10-5-6-11-24(23)34-4)27(31)19-13-21(32-2)15-22(14-19)33-3/h5-15H,16H2,1-4H3,(H,28,30). The van der Waals surface area contributed by atoms with Gasteiger partial charge in [0.25, 0.3) is 11.5 Å². The molecule has 0 unspecified atom stereocenters. The second-order valence-corrected chi connectivity index (χ2v) is 7.83. The molecule has 1 amide bonds. The Morgan fingerprint density at radius 1 is 0.882 bits per heavy atom. The Balaban J connectivity index is 1.85. The smallest absolute Gasteiger partial charge is 0.258 e. The third kappa shape index (κ3) is 4.45. The molecule has 7 nitrogen and oxygen atoms in total. The highest BCUT2D eigenvalue weighted by Crippen LogP contribution is 2.32. The Morgan fingerprint density at radius 3 is 2.26 bits per heavy atom. The predicted molar refractivity (Wildman–Crippen MR) is 132 cm³/mol. The first-order valence-corrected chi connectivity index (χ1v) is 10.7. The van der Waals surface area contributed by atoms with E-state index in [2.05, 4.69) is 4.98 Å². The van der Waals surface area contributed by atoms with Crippen molar-refractivity contribution < 1.29 is 19.0 Å². The topological polar surface area (TPSA) is 80.9 Å². The van der Waals surface area contributed by atoms with Crippen LogP contribution in [0.4, 0.5) is 5.69 Å². The molecule has 0 saturated carbocycles. The number of carbonyl (C=O) groups is 1. The summed E-state index contributed by atoms with van der Waals surface area (Å²) < 4.78 is 16.2. The van der Waals surface area contributed by atoms with Gasteiger partial charge in [0.1, 0.15) is 17.2 Å². The van der Waals surface area contributed by atoms with Crippen LogP contribution in [0.15, 0.2) is 71.5 Å². The van der Waals surface area contributed by atoms with Gasteiger partial charge in [-0.25, -0.2) is 0 Å². The summed E-state index contributed by atoms with van der Waals surface area (Å²) in [6.07, 6.45) is 0. The molecule has 0 radical (unpaired) electrons. The van der Waals surface area contributed by atoms with Gasteiger partial charge in [0.05, 0.1) is 39.1 Å². The second kappa shape index (κ2) is 9.70. The number of rotatable bonds is 7. The van der Waals surface area contributed by atoms with Gasteiger partial charge >= 0.3 is 0 Å². The van der Waals surface area contributed by atoms with Crippen LogP contribution in [0.2, 0.25) is 0 Å². The van der Waals surface area contributed by atoms with Crippen molar-refractivity contribution in [1.29, 1.82) is 0 Å². The number of pyridine rings is 1. The van der Waals surface area contributed by atoms with Gasteiger partial charge in [0.2, 0.25) is 0 Å². The van der Waals surface area contributed by atoms with Crippen molar-refractivity contribution in [3.8, 4) is 17.2 Å². The summed E-state index contributed by atoms with van der Waals surface area (Å²) in [6.45, 7) is 1.98. The number of hydrogen-bond donors (Lipinski definition) is 1. The molecule has 0 atom stereocenters. The van der Waals surface area contributed by atoms with Gasteiger partial charge in [0, 0.05) is 17.2 Å². The Hall–Kier alpha value is -4.26. The molecular weight excluding hydrogens is 432 g/mol. The molecule has 0 spiro atoms. The summed E-state index contributed by atoms with van der Waals surface area (Å²) in [6, 6.07) is 19.8. The maximum atomic E-state index is 13.8. The molecule has 0 aliphatic carbocycles. The van der Waals surface area contributed by atoms with Gasteiger partial charge in [-0.15, -0.1) is 0 Å². The Kier molecular flexibility index (Phi) is 6.54. The maximum Gasteiger partial charge on any atom is 0.258 e. The van der Waals surface area contributed by atoms with Crippen LogP contribution in [-0.4, -0.2) is 32.2 Å². The van der Waals surface area contributed by atoms with E-state index in [1.54, 1.807) is 37.4 Å². The van der Waals surface area contributed by atoms with Gasteiger partial charge in [0.15, 0.2) is 0 Å². The number of nitrogens with one attached hydrogen (secondary N) is 1. The summed E-state index contributed by atoms with van der Waals surface area (Å²) in [7, 11) is 4.59. The molecule has 1 heterocycles. The third-order valence-corrected chi connectivity index (χ3v) is 5.71. The zero-order valence-corrected chi connectivity index (χ0v) is 19.5. The number of fused-ring (bicyclic) bond motifs is 1. The first-order chi connectivity index (χ1) is 16.4. The van der Waals surface area contributed by atoms with Crippen molar-refractivity contribution in [3.05, 3.63) is 93.8 Å². The molecule has 1 aromatic heterocycles. The van der Waals surface area contributed by atoms with Gasteiger partial charge in [-0.2, -0.15) is 0 Å². The van der Waals surface area contributed by atoms with Crippen molar-refractivity contribution in [2.45, 2.75) is 13.5 Å². The van der Waals surface area contributed by atoms with Gasteiger partial charge in [-0.1, -0.05) is 30.3 Å². The highest BCUT2D eigenvalue weighted by molar-refractivity contribution is 6.07. The largest absolute Gasteiger partial charge is 0.497 e. The average Bonchev–Trinajstić information content (AvgIpc) is 2.87. The number of aromatic amines is 1. The second-order valence-electron chi connectivity index (χ2n) is 7.83. The van der Waals surface area contributed by atoms with Crippen LogP contribution in [0.1, 0.15) is 21.5 Å². The van der Waals surface area contributed by atoms with Crippen molar-refractivity contribution in [2.24, 2.45) is 0 Å². The number of amides is 1. The maximum absolute atomic E-state index is 13.8. The Bertz CT molecular complexity index is 1390. The van der Waals surface area contributed by atoms with Crippen LogP contribution in [0.25, 0.3) is 10.9 Å². The van der Waals surface area contributed by atoms with E-state index in [0.717, 1.165) is 16.5 Å². The van der Waals surface area contributed by atoms with E-state index < -0.39 is 0 Å². The number of hydrogen-bond acceptors (Lipinski definition) is 5. The minimum atomic E-state index is -0.328. The zero-order chi connectivity index (χ0) is 24.2. The minimum absolute atomic E-state index is 0.0396. The quantitative estimate of drug-likeness (QED) is 0.434. The molecule has 3 aromatic carbocycles. The first-order valence-electron chi connectivity index (χ1n) is 10.7. The average molecular weight is 459 g/mol. The van der Waals surface area contributed by atoms with E-state index in [1.165, 1.54) is 19.1 Å². The lowest BCUT2D eigenvalue weighted by atomic mass is 10.1. The van der Waals surface area contributed by atoms with Gasteiger partial charge in [-0.3, -0.25) is 9.59 Å². The van der Waals surface area contributed by atoms with E-state index in [9.17, 15) is 9.59 Å². The molecule has 0 fully saturated rings. The van der Waals surface area contributed by atoms with E-state index in [4.69, 9.17) is 14.2 Å². The number of ether oxygens (including phenoxy) is 3. The highest BCUT2D eigenvalue weighted by Gasteiger charge is 2.24. The Morgan fingerprint density at radius 2 is 1.59 bits per heavy atom.